The second-order valence-electron chi connectivity index (χ2n) is 9.32. The molecule has 6 nitrogen and oxygen atoms in total. The molecule has 1 saturated carbocycles. The Balaban J connectivity index is 1.46. The van der Waals surface area contributed by atoms with E-state index in [9.17, 15) is 4.79 Å². The molecule has 1 aliphatic heterocycles. The summed E-state index contributed by atoms with van der Waals surface area (Å²) in [5, 5.41) is 11.4. The maximum atomic E-state index is 12.4. The lowest BCUT2D eigenvalue weighted by atomic mass is 9.78. The fourth-order valence-corrected chi connectivity index (χ4v) is 5.94. The molecule has 1 aromatic heterocycles. The first-order valence-electron chi connectivity index (χ1n) is 12.0. The Kier molecular flexibility index (Phi) is 6.60. The fraction of sp³-hybridized carbons (Fsp3) is 0.826. The van der Waals surface area contributed by atoms with Crippen LogP contribution in [0.2, 0.25) is 0 Å². The average Bonchev–Trinajstić information content (AvgIpc) is 3.16. The SMILES string of the molecule is CCn1nc(C(=O)NC)c2c1CCC(NCC1(N3CCCCC3)CCCCC1)C2. The lowest BCUT2D eigenvalue weighted by molar-refractivity contribution is 0.0310. The van der Waals surface area contributed by atoms with Crippen molar-refractivity contribution in [3.63, 3.8) is 0 Å². The molecule has 2 heterocycles. The zero-order valence-electron chi connectivity index (χ0n) is 18.4. The third-order valence-corrected chi connectivity index (χ3v) is 7.62. The highest BCUT2D eigenvalue weighted by Crippen LogP contribution is 2.35. The standard InChI is InChI=1S/C23H39N5O/c1-3-28-20-11-10-18(16-19(20)21(26-28)22(29)24-2)25-17-23(12-6-4-7-13-23)27-14-8-5-9-15-27/h18,25H,3-17H2,1-2H3,(H,24,29). The van der Waals surface area contributed by atoms with E-state index in [-0.39, 0.29) is 5.91 Å². The normalized spacial score (nSPS) is 24.8. The molecule has 6 heteroatoms. The van der Waals surface area contributed by atoms with E-state index in [1.54, 1.807) is 7.05 Å². The lowest BCUT2D eigenvalue weighted by Crippen LogP contribution is -2.59. The Hall–Kier alpha value is -1.40. The van der Waals surface area contributed by atoms with Gasteiger partial charge in [-0.15, -0.1) is 0 Å². The number of aryl methyl sites for hydroxylation is 1. The molecule has 0 spiro atoms. The molecule has 29 heavy (non-hydrogen) atoms. The molecule has 2 aliphatic carbocycles. The molecule has 162 valence electrons. The number of piperidine rings is 1. The number of hydrogen-bond acceptors (Lipinski definition) is 4. The minimum Gasteiger partial charge on any atom is -0.354 e. The van der Waals surface area contributed by atoms with Crippen LogP contribution in [0.25, 0.3) is 0 Å². The van der Waals surface area contributed by atoms with Crippen LogP contribution in [0.3, 0.4) is 0 Å². The molecule has 3 aliphatic rings. The van der Waals surface area contributed by atoms with E-state index in [0.717, 1.165) is 32.4 Å². The summed E-state index contributed by atoms with van der Waals surface area (Å²) in [7, 11) is 1.70. The van der Waals surface area contributed by atoms with Crippen LogP contribution in [0, 0.1) is 0 Å². The van der Waals surface area contributed by atoms with Crippen LogP contribution in [0.15, 0.2) is 0 Å². The zero-order valence-corrected chi connectivity index (χ0v) is 18.4. The number of carbonyl (C=O) groups excluding carboxylic acids is 1. The first-order chi connectivity index (χ1) is 14.2. The largest absolute Gasteiger partial charge is 0.354 e. The smallest absolute Gasteiger partial charge is 0.271 e. The number of aromatic nitrogens is 2. The first kappa shape index (κ1) is 20.9. The zero-order chi connectivity index (χ0) is 20.3. The third kappa shape index (κ3) is 4.24. The highest BCUT2D eigenvalue weighted by molar-refractivity contribution is 5.93. The monoisotopic (exact) mass is 401 g/mol. The van der Waals surface area contributed by atoms with Crippen LogP contribution in [0.1, 0.15) is 86.5 Å². The predicted molar refractivity (Wildman–Crippen MR) is 116 cm³/mol. The summed E-state index contributed by atoms with van der Waals surface area (Å²) >= 11 is 0. The summed E-state index contributed by atoms with van der Waals surface area (Å²) in [6.45, 7) is 6.59. The minimum atomic E-state index is -0.0498. The van der Waals surface area contributed by atoms with E-state index < -0.39 is 0 Å². The summed E-state index contributed by atoms with van der Waals surface area (Å²) in [6.07, 6.45) is 14.0. The van der Waals surface area contributed by atoms with Crippen molar-refractivity contribution in [2.24, 2.45) is 0 Å². The molecule has 0 radical (unpaired) electrons. The van der Waals surface area contributed by atoms with Gasteiger partial charge in [0, 0.05) is 43.0 Å². The van der Waals surface area contributed by atoms with E-state index in [1.807, 2.05) is 4.68 Å². The van der Waals surface area contributed by atoms with E-state index in [4.69, 9.17) is 0 Å². The lowest BCUT2D eigenvalue weighted by Gasteiger charge is -2.49. The van der Waals surface area contributed by atoms with Gasteiger partial charge in [-0.3, -0.25) is 14.4 Å². The molecule has 0 bridgehead atoms. The van der Waals surface area contributed by atoms with Crippen molar-refractivity contribution in [2.75, 3.05) is 26.7 Å². The van der Waals surface area contributed by atoms with Gasteiger partial charge in [-0.1, -0.05) is 25.7 Å². The van der Waals surface area contributed by atoms with Crippen molar-refractivity contribution in [3.05, 3.63) is 17.0 Å². The van der Waals surface area contributed by atoms with Gasteiger partial charge < -0.3 is 10.6 Å². The van der Waals surface area contributed by atoms with Crippen molar-refractivity contribution in [2.45, 2.75) is 95.7 Å². The van der Waals surface area contributed by atoms with Crippen LogP contribution in [-0.2, 0) is 19.4 Å². The molecule has 1 aromatic rings. The predicted octanol–water partition coefficient (Wildman–Crippen LogP) is 2.90. The highest BCUT2D eigenvalue weighted by Gasteiger charge is 2.39. The fourth-order valence-electron chi connectivity index (χ4n) is 5.94. The molecule has 1 atom stereocenters. The van der Waals surface area contributed by atoms with Crippen molar-refractivity contribution < 1.29 is 4.79 Å². The second-order valence-corrected chi connectivity index (χ2v) is 9.32. The van der Waals surface area contributed by atoms with Gasteiger partial charge in [0.05, 0.1) is 0 Å². The second kappa shape index (κ2) is 9.17. The number of amides is 1. The van der Waals surface area contributed by atoms with Crippen LogP contribution in [0.5, 0.6) is 0 Å². The maximum Gasteiger partial charge on any atom is 0.271 e. The quantitative estimate of drug-likeness (QED) is 0.769. The number of nitrogens with one attached hydrogen (secondary N) is 2. The van der Waals surface area contributed by atoms with Gasteiger partial charge in [0.1, 0.15) is 0 Å². The van der Waals surface area contributed by atoms with E-state index >= 15 is 0 Å². The average molecular weight is 402 g/mol. The van der Waals surface area contributed by atoms with Crippen LogP contribution < -0.4 is 10.6 Å². The molecule has 1 saturated heterocycles. The number of nitrogens with zero attached hydrogens (tertiary/aromatic N) is 3. The van der Waals surface area contributed by atoms with E-state index in [0.29, 0.717) is 17.3 Å². The number of likely N-dealkylation sites (tertiary alicyclic amines) is 1. The van der Waals surface area contributed by atoms with E-state index in [2.05, 4.69) is 27.6 Å². The van der Waals surface area contributed by atoms with Gasteiger partial charge in [0.25, 0.3) is 5.91 Å². The van der Waals surface area contributed by atoms with Crippen molar-refractivity contribution in [1.29, 1.82) is 0 Å². The molecule has 4 rings (SSSR count). The van der Waals surface area contributed by atoms with Gasteiger partial charge in [-0.25, -0.2) is 0 Å². The summed E-state index contributed by atoms with van der Waals surface area (Å²) in [5.41, 5.74) is 3.44. The van der Waals surface area contributed by atoms with Crippen molar-refractivity contribution in [1.82, 2.24) is 25.3 Å². The molecule has 0 aromatic carbocycles. The molecular formula is C23H39N5O. The third-order valence-electron chi connectivity index (χ3n) is 7.62. The van der Waals surface area contributed by atoms with Gasteiger partial charge in [0.15, 0.2) is 5.69 Å². The van der Waals surface area contributed by atoms with Crippen LogP contribution >= 0.6 is 0 Å². The summed E-state index contributed by atoms with van der Waals surface area (Å²) in [6, 6.07) is 0.448. The first-order valence-corrected chi connectivity index (χ1v) is 12.0. The number of carbonyl (C=O) groups is 1. The van der Waals surface area contributed by atoms with Gasteiger partial charge >= 0.3 is 0 Å². The highest BCUT2D eigenvalue weighted by atomic mass is 16.1. The van der Waals surface area contributed by atoms with Gasteiger partial charge in [0.2, 0.25) is 0 Å². The maximum absolute atomic E-state index is 12.4. The Labute approximate surface area is 175 Å². The summed E-state index contributed by atoms with van der Waals surface area (Å²) in [4.78, 5) is 15.2. The molecule has 2 N–H and O–H groups in total. The van der Waals surface area contributed by atoms with Gasteiger partial charge in [-0.05, 0) is 65.0 Å². The summed E-state index contributed by atoms with van der Waals surface area (Å²) in [5.74, 6) is -0.0498. The Morgan fingerprint density at radius 2 is 1.86 bits per heavy atom. The van der Waals surface area contributed by atoms with Crippen LogP contribution in [-0.4, -0.2) is 58.9 Å². The van der Waals surface area contributed by atoms with Crippen LogP contribution in [0.4, 0.5) is 0 Å². The van der Waals surface area contributed by atoms with Crippen molar-refractivity contribution >= 4 is 5.91 Å². The molecular weight excluding hydrogens is 362 g/mol. The number of rotatable bonds is 6. The Morgan fingerprint density at radius 1 is 1.14 bits per heavy atom. The molecule has 2 fully saturated rings. The Bertz CT molecular complexity index is 700. The van der Waals surface area contributed by atoms with Gasteiger partial charge in [-0.2, -0.15) is 5.10 Å². The molecule has 1 unspecified atom stereocenters. The molecule has 1 amide bonds. The Morgan fingerprint density at radius 3 is 2.55 bits per heavy atom. The summed E-state index contributed by atoms with van der Waals surface area (Å²) < 4.78 is 2.03. The number of hydrogen-bond donors (Lipinski definition) is 2. The van der Waals surface area contributed by atoms with E-state index in [1.165, 1.54) is 75.7 Å². The minimum absolute atomic E-state index is 0.0498. The topological polar surface area (TPSA) is 62.2 Å². The van der Waals surface area contributed by atoms with Crippen molar-refractivity contribution in [3.8, 4) is 0 Å². The number of fused-ring (bicyclic) bond motifs is 1.